The quantitative estimate of drug-likeness (QED) is 0.653. The maximum absolute atomic E-state index is 12.5. The predicted octanol–water partition coefficient (Wildman–Crippen LogP) is 2.37. The Bertz CT molecular complexity index is 1070. The van der Waals surface area contributed by atoms with Gasteiger partial charge in [0.15, 0.2) is 0 Å². The lowest BCUT2D eigenvalue weighted by atomic mass is 10.2. The topological polar surface area (TPSA) is 110 Å². The van der Waals surface area contributed by atoms with Gasteiger partial charge in [-0.3, -0.25) is 9.78 Å². The van der Waals surface area contributed by atoms with Crippen LogP contribution in [-0.4, -0.2) is 38.5 Å². The number of nitrogens with zero attached hydrogens (tertiary/aromatic N) is 2. The van der Waals surface area contributed by atoms with Crippen LogP contribution in [0.4, 0.5) is 5.82 Å². The summed E-state index contributed by atoms with van der Waals surface area (Å²) in [7, 11) is -1.13. The van der Waals surface area contributed by atoms with Crippen LogP contribution in [0.2, 0.25) is 0 Å². The number of anilines is 1. The Kier molecular flexibility index (Phi) is 5.49. The second-order valence-electron chi connectivity index (χ2n) is 5.30. The Labute approximate surface area is 160 Å². The molecule has 8 nitrogen and oxygen atoms in total. The monoisotopic (exact) mass is 404 g/mol. The van der Waals surface area contributed by atoms with Gasteiger partial charge in [0.05, 0.1) is 7.11 Å². The van der Waals surface area contributed by atoms with Crippen molar-refractivity contribution in [2.75, 3.05) is 19.5 Å². The number of carbonyl (C=O) groups is 1. The third kappa shape index (κ3) is 4.13. The average molecular weight is 404 g/mol. The zero-order chi connectivity index (χ0) is 19.4. The van der Waals surface area contributed by atoms with Gasteiger partial charge in [-0.1, -0.05) is 0 Å². The fourth-order valence-corrected chi connectivity index (χ4v) is 3.96. The van der Waals surface area contributed by atoms with Crippen LogP contribution in [0.25, 0.3) is 10.6 Å². The highest BCUT2D eigenvalue weighted by molar-refractivity contribution is 7.89. The molecule has 0 aliphatic heterocycles. The smallest absolute Gasteiger partial charge is 0.256 e. The normalized spacial score (nSPS) is 11.2. The number of aromatic nitrogens is 2. The van der Waals surface area contributed by atoms with Crippen LogP contribution in [0.3, 0.4) is 0 Å². The van der Waals surface area contributed by atoms with Gasteiger partial charge in [0.1, 0.15) is 21.5 Å². The van der Waals surface area contributed by atoms with Crippen LogP contribution >= 0.6 is 11.3 Å². The van der Waals surface area contributed by atoms with Gasteiger partial charge in [0, 0.05) is 28.9 Å². The second kappa shape index (κ2) is 7.82. The standard InChI is InChI=1S/C17H16N4O4S2/c1-18-27(23,24)14-9-12(3-4-13(14)25-2)16(22)20-15-10-26-17(21-15)11-5-7-19-8-6-11/h3-10,18H,1-2H3,(H,20,22). The Balaban J connectivity index is 1.85. The fraction of sp³-hybridized carbons (Fsp3) is 0.118. The molecule has 0 aliphatic carbocycles. The average Bonchev–Trinajstić information content (AvgIpc) is 3.16. The highest BCUT2D eigenvalue weighted by atomic mass is 32.2. The Morgan fingerprint density at radius 3 is 2.59 bits per heavy atom. The molecule has 3 aromatic rings. The van der Waals surface area contributed by atoms with Gasteiger partial charge in [0.2, 0.25) is 10.0 Å². The number of pyridine rings is 1. The van der Waals surface area contributed by atoms with E-state index in [1.165, 1.54) is 43.7 Å². The van der Waals surface area contributed by atoms with Crippen LogP contribution in [-0.2, 0) is 10.0 Å². The fourth-order valence-electron chi connectivity index (χ4n) is 2.28. The molecule has 2 aromatic heterocycles. The molecule has 2 N–H and O–H groups in total. The van der Waals surface area contributed by atoms with Gasteiger partial charge in [-0.25, -0.2) is 18.1 Å². The number of carbonyl (C=O) groups excluding carboxylic acids is 1. The second-order valence-corrected chi connectivity index (χ2v) is 8.01. The van der Waals surface area contributed by atoms with Gasteiger partial charge >= 0.3 is 0 Å². The van der Waals surface area contributed by atoms with E-state index in [4.69, 9.17) is 4.74 Å². The van der Waals surface area contributed by atoms with E-state index in [2.05, 4.69) is 20.0 Å². The van der Waals surface area contributed by atoms with E-state index in [9.17, 15) is 13.2 Å². The summed E-state index contributed by atoms with van der Waals surface area (Å²) >= 11 is 1.38. The maximum Gasteiger partial charge on any atom is 0.256 e. The van der Waals surface area contributed by atoms with Gasteiger partial charge in [-0.05, 0) is 37.4 Å². The minimum absolute atomic E-state index is 0.115. The van der Waals surface area contributed by atoms with Crippen LogP contribution < -0.4 is 14.8 Å². The number of benzene rings is 1. The molecule has 0 spiro atoms. The number of amides is 1. The molecule has 0 unspecified atom stereocenters. The molecular formula is C17H16N4O4S2. The first kappa shape index (κ1) is 19.0. The van der Waals surface area contributed by atoms with E-state index >= 15 is 0 Å². The van der Waals surface area contributed by atoms with E-state index < -0.39 is 15.9 Å². The number of nitrogens with one attached hydrogen (secondary N) is 2. The van der Waals surface area contributed by atoms with Crippen molar-refractivity contribution in [2.24, 2.45) is 0 Å². The summed E-state index contributed by atoms with van der Waals surface area (Å²) < 4.78 is 31.6. The number of thiazole rings is 1. The predicted molar refractivity (Wildman–Crippen MR) is 103 cm³/mol. The molecule has 0 aliphatic rings. The minimum atomic E-state index is -3.78. The van der Waals surface area contributed by atoms with Crippen molar-refractivity contribution >= 4 is 33.1 Å². The number of ether oxygens (including phenoxy) is 1. The molecule has 140 valence electrons. The first-order valence-corrected chi connectivity index (χ1v) is 10.1. The summed E-state index contributed by atoms with van der Waals surface area (Å²) in [4.78, 5) is 20.7. The lowest BCUT2D eigenvalue weighted by molar-refractivity contribution is 0.102. The van der Waals surface area contributed by atoms with Crippen LogP contribution in [0.1, 0.15) is 10.4 Å². The number of hydrogen-bond donors (Lipinski definition) is 2. The molecule has 0 radical (unpaired) electrons. The molecule has 0 atom stereocenters. The summed E-state index contributed by atoms with van der Waals surface area (Å²) in [5, 5.41) is 5.12. The summed E-state index contributed by atoms with van der Waals surface area (Å²) in [6.45, 7) is 0. The van der Waals surface area contributed by atoms with E-state index in [1.807, 2.05) is 12.1 Å². The van der Waals surface area contributed by atoms with Crippen molar-refractivity contribution < 1.29 is 17.9 Å². The molecule has 0 saturated heterocycles. The number of methoxy groups -OCH3 is 1. The van der Waals surface area contributed by atoms with E-state index in [-0.39, 0.29) is 16.2 Å². The molecule has 2 heterocycles. The van der Waals surface area contributed by atoms with Gasteiger partial charge in [-0.15, -0.1) is 11.3 Å². The summed E-state index contributed by atoms with van der Waals surface area (Å²) in [6, 6.07) is 7.82. The SMILES string of the molecule is CNS(=O)(=O)c1cc(C(=O)Nc2csc(-c3ccncc3)n2)ccc1OC. The van der Waals surface area contributed by atoms with Gasteiger partial charge < -0.3 is 10.1 Å². The highest BCUT2D eigenvalue weighted by Gasteiger charge is 2.20. The Hall–Kier alpha value is -2.82. The molecule has 0 bridgehead atoms. The van der Waals surface area contributed by atoms with Gasteiger partial charge in [-0.2, -0.15) is 0 Å². The Morgan fingerprint density at radius 1 is 1.19 bits per heavy atom. The molecular weight excluding hydrogens is 388 g/mol. The lowest BCUT2D eigenvalue weighted by Gasteiger charge is -2.10. The lowest BCUT2D eigenvalue weighted by Crippen LogP contribution is -2.20. The van der Waals surface area contributed by atoms with E-state index in [0.29, 0.717) is 5.82 Å². The molecule has 27 heavy (non-hydrogen) atoms. The van der Waals surface area contributed by atoms with E-state index in [0.717, 1.165) is 10.6 Å². The number of hydrogen-bond acceptors (Lipinski definition) is 7. The number of sulfonamides is 1. The van der Waals surface area contributed by atoms with Crippen molar-refractivity contribution in [1.29, 1.82) is 0 Å². The first-order valence-electron chi connectivity index (χ1n) is 7.73. The summed E-state index contributed by atoms with van der Waals surface area (Å²) in [6.07, 6.45) is 3.33. The summed E-state index contributed by atoms with van der Waals surface area (Å²) in [5.41, 5.74) is 1.06. The first-order chi connectivity index (χ1) is 12.9. The maximum atomic E-state index is 12.5. The molecule has 1 amide bonds. The van der Waals surface area contributed by atoms with Crippen molar-refractivity contribution in [3.8, 4) is 16.3 Å². The van der Waals surface area contributed by atoms with E-state index in [1.54, 1.807) is 17.8 Å². The van der Waals surface area contributed by atoms with Crippen molar-refractivity contribution in [3.05, 3.63) is 53.7 Å². The van der Waals surface area contributed by atoms with Crippen LogP contribution in [0.15, 0.2) is 53.0 Å². The van der Waals surface area contributed by atoms with Crippen molar-refractivity contribution in [2.45, 2.75) is 4.90 Å². The molecule has 10 heteroatoms. The summed E-state index contributed by atoms with van der Waals surface area (Å²) in [5.74, 6) is 0.0528. The molecule has 1 aromatic carbocycles. The molecule has 0 saturated carbocycles. The molecule has 0 fully saturated rings. The van der Waals surface area contributed by atoms with Crippen LogP contribution in [0.5, 0.6) is 5.75 Å². The van der Waals surface area contributed by atoms with Crippen LogP contribution in [0, 0.1) is 0 Å². The zero-order valence-electron chi connectivity index (χ0n) is 14.5. The minimum Gasteiger partial charge on any atom is -0.495 e. The zero-order valence-corrected chi connectivity index (χ0v) is 16.1. The van der Waals surface area contributed by atoms with Gasteiger partial charge in [0.25, 0.3) is 5.91 Å². The highest BCUT2D eigenvalue weighted by Crippen LogP contribution is 2.27. The number of rotatable bonds is 6. The molecule has 3 rings (SSSR count). The Morgan fingerprint density at radius 2 is 1.93 bits per heavy atom. The third-order valence-corrected chi connectivity index (χ3v) is 5.98. The third-order valence-electron chi connectivity index (χ3n) is 3.66. The van der Waals surface area contributed by atoms with Crippen molar-refractivity contribution in [3.63, 3.8) is 0 Å². The van der Waals surface area contributed by atoms with Crippen molar-refractivity contribution in [1.82, 2.24) is 14.7 Å². The largest absolute Gasteiger partial charge is 0.495 e.